The van der Waals surface area contributed by atoms with Crippen LogP contribution in [-0.2, 0) is 0 Å². The number of ketones is 1. The summed E-state index contributed by atoms with van der Waals surface area (Å²) in [6, 6.07) is 0.543. The Kier molecular flexibility index (Phi) is 1.56. The molecule has 5 nitrogen and oxygen atoms in total. The van der Waals surface area contributed by atoms with Crippen LogP contribution in [0.15, 0.2) is 4.42 Å². The van der Waals surface area contributed by atoms with E-state index in [0.29, 0.717) is 17.7 Å². The lowest BCUT2D eigenvalue weighted by atomic mass is 10.1. The molecule has 3 saturated heterocycles. The van der Waals surface area contributed by atoms with Crippen LogP contribution in [0.2, 0.25) is 0 Å². The highest BCUT2D eigenvalue weighted by molar-refractivity contribution is 6.13. The first-order chi connectivity index (χ1) is 7.83. The van der Waals surface area contributed by atoms with Crippen molar-refractivity contribution < 1.29 is 9.21 Å². The van der Waals surface area contributed by atoms with Gasteiger partial charge in [-0.05, 0) is 12.8 Å². The molecular formula is C11H13N3O2. The highest BCUT2D eigenvalue weighted by atomic mass is 16.4. The highest BCUT2D eigenvalue weighted by Crippen LogP contribution is 2.35. The summed E-state index contributed by atoms with van der Waals surface area (Å²) in [6.07, 6.45) is 2.35. The maximum absolute atomic E-state index is 11.4. The summed E-state index contributed by atoms with van der Waals surface area (Å²) in [4.78, 5) is 20.4. The Bertz CT molecular complexity index is 460. The molecule has 0 aliphatic carbocycles. The highest BCUT2D eigenvalue weighted by Gasteiger charge is 2.41. The summed E-state index contributed by atoms with van der Waals surface area (Å²) in [7, 11) is 0. The van der Waals surface area contributed by atoms with E-state index in [4.69, 9.17) is 4.42 Å². The van der Waals surface area contributed by atoms with Crippen molar-refractivity contribution in [3.05, 3.63) is 11.7 Å². The van der Waals surface area contributed by atoms with E-state index in [0.717, 1.165) is 18.9 Å². The van der Waals surface area contributed by atoms with E-state index < -0.39 is 0 Å². The third kappa shape index (κ3) is 0.988. The number of nitrogens with zero attached hydrogens (tertiary/aromatic N) is 3. The molecule has 3 fully saturated rings. The van der Waals surface area contributed by atoms with E-state index in [2.05, 4.69) is 14.8 Å². The average molecular weight is 219 g/mol. The van der Waals surface area contributed by atoms with Gasteiger partial charge in [0, 0.05) is 32.2 Å². The quantitative estimate of drug-likeness (QED) is 0.699. The van der Waals surface area contributed by atoms with Crippen LogP contribution in [0.1, 0.15) is 29.3 Å². The van der Waals surface area contributed by atoms with Crippen molar-refractivity contribution in [2.45, 2.75) is 18.9 Å². The van der Waals surface area contributed by atoms with Crippen molar-refractivity contribution in [3.63, 3.8) is 0 Å². The summed E-state index contributed by atoms with van der Waals surface area (Å²) >= 11 is 0. The Morgan fingerprint density at radius 3 is 2.62 bits per heavy atom. The van der Waals surface area contributed by atoms with Crippen molar-refractivity contribution in [2.24, 2.45) is 0 Å². The second-order valence-electron chi connectivity index (χ2n) is 4.77. The Hall–Kier alpha value is -1.36. The number of hydrogen-bond acceptors (Lipinski definition) is 5. The number of hydrogen-bond donors (Lipinski definition) is 0. The van der Waals surface area contributed by atoms with Gasteiger partial charge in [0.1, 0.15) is 0 Å². The van der Waals surface area contributed by atoms with E-state index in [-0.39, 0.29) is 5.78 Å². The molecule has 5 aliphatic rings. The molecule has 1 aromatic rings. The zero-order valence-corrected chi connectivity index (χ0v) is 8.98. The van der Waals surface area contributed by atoms with Gasteiger partial charge in [-0.15, -0.1) is 0 Å². The normalized spacial score (nSPS) is 31.5. The number of oxazole rings is 1. The Morgan fingerprint density at radius 1 is 1.19 bits per heavy atom. The molecule has 0 spiro atoms. The fourth-order valence-corrected chi connectivity index (χ4v) is 2.97. The maximum Gasteiger partial charge on any atom is 0.287 e. The van der Waals surface area contributed by atoms with Crippen LogP contribution in [0, 0.1) is 0 Å². The van der Waals surface area contributed by atoms with Crippen molar-refractivity contribution in [1.29, 1.82) is 0 Å². The molecule has 0 saturated carbocycles. The third-order valence-corrected chi connectivity index (χ3v) is 3.94. The van der Waals surface area contributed by atoms with Crippen LogP contribution >= 0.6 is 0 Å². The molecular weight excluding hydrogens is 206 g/mol. The van der Waals surface area contributed by atoms with Crippen molar-refractivity contribution in [1.82, 2.24) is 9.88 Å². The minimum atomic E-state index is -0.00546. The molecule has 16 heavy (non-hydrogen) atoms. The standard InChI is InChI=1S/C11H13N3O2/c15-8-9-10(12-11(8)16-9)14-6-5-13-3-1-7(14)2-4-13/h7H,1-6H2. The predicted octanol–water partition coefficient (Wildman–Crippen LogP) is 0.503. The molecule has 84 valence electrons. The number of carbonyl (C=O) groups excluding carboxylic acids is 1. The molecule has 0 atom stereocenters. The van der Waals surface area contributed by atoms with E-state index in [1.807, 2.05) is 0 Å². The first kappa shape index (κ1) is 8.75. The summed E-state index contributed by atoms with van der Waals surface area (Å²) in [5, 5.41) is 0. The van der Waals surface area contributed by atoms with Gasteiger partial charge >= 0.3 is 0 Å². The molecule has 0 radical (unpaired) electrons. The molecule has 5 aliphatic heterocycles. The summed E-state index contributed by atoms with van der Waals surface area (Å²) in [6.45, 7) is 4.40. The monoisotopic (exact) mass is 219 g/mol. The van der Waals surface area contributed by atoms with Gasteiger partial charge in [0.05, 0.1) is 0 Å². The molecule has 4 bridgehead atoms. The topological polar surface area (TPSA) is 49.6 Å². The Balaban J connectivity index is 1.70. The van der Waals surface area contributed by atoms with Crippen molar-refractivity contribution in [2.75, 3.05) is 31.1 Å². The molecule has 1 aromatic heterocycles. The van der Waals surface area contributed by atoms with Gasteiger partial charge in [-0.25, -0.2) is 0 Å². The summed E-state index contributed by atoms with van der Waals surface area (Å²) in [5.41, 5.74) is 0. The number of anilines is 1. The van der Waals surface area contributed by atoms with Crippen LogP contribution in [0.5, 0.6) is 0 Å². The molecule has 6 rings (SSSR count). The summed E-state index contributed by atoms with van der Waals surface area (Å²) in [5.74, 6) is 1.57. The average Bonchev–Trinajstić information content (AvgIpc) is 2.76. The second-order valence-corrected chi connectivity index (χ2v) is 4.77. The third-order valence-electron chi connectivity index (χ3n) is 3.94. The first-order valence-electron chi connectivity index (χ1n) is 5.87. The lowest BCUT2D eigenvalue weighted by molar-refractivity contribution is 0.0915. The largest absolute Gasteiger partial charge is 0.427 e. The molecule has 0 unspecified atom stereocenters. The number of fused-ring (bicyclic) bond motifs is 6. The first-order valence-corrected chi connectivity index (χ1v) is 5.87. The van der Waals surface area contributed by atoms with E-state index in [1.54, 1.807) is 0 Å². The van der Waals surface area contributed by atoms with E-state index >= 15 is 0 Å². The van der Waals surface area contributed by atoms with Crippen LogP contribution in [0.3, 0.4) is 0 Å². The van der Waals surface area contributed by atoms with E-state index in [1.165, 1.54) is 25.9 Å². The predicted molar refractivity (Wildman–Crippen MR) is 56.7 cm³/mol. The summed E-state index contributed by atoms with van der Waals surface area (Å²) < 4.78 is 5.20. The van der Waals surface area contributed by atoms with Crippen LogP contribution < -0.4 is 4.90 Å². The van der Waals surface area contributed by atoms with Crippen LogP contribution in [0.4, 0.5) is 5.82 Å². The minimum Gasteiger partial charge on any atom is -0.427 e. The van der Waals surface area contributed by atoms with Gasteiger partial charge in [0.2, 0.25) is 5.76 Å². The van der Waals surface area contributed by atoms with Gasteiger partial charge in [-0.3, -0.25) is 4.79 Å². The van der Waals surface area contributed by atoms with Crippen molar-refractivity contribution >= 4 is 11.6 Å². The van der Waals surface area contributed by atoms with Gasteiger partial charge in [0.15, 0.2) is 5.82 Å². The van der Waals surface area contributed by atoms with Gasteiger partial charge < -0.3 is 14.2 Å². The lowest BCUT2D eigenvalue weighted by Gasteiger charge is -2.31. The maximum atomic E-state index is 11.4. The number of rotatable bonds is 1. The fourth-order valence-electron chi connectivity index (χ4n) is 2.97. The van der Waals surface area contributed by atoms with Crippen LogP contribution in [-0.4, -0.2) is 47.9 Å². The Morgan fingerprint density at radius 2 is 2.00 bits per heavy atom. The zero-order valence-electron chi connectivity index (χ0n) is 8.98. The van der Waals surface area contributed by atoms with Crippen molar-refractivity contribution in [3.8, 4) is 0 Å². The molecule has 6 heterocycles. The second kappa shape index (κ2) is 2.85. The molecule has 0 amide bonds. The SMILES string of the molecule is O=C1c2nc(N3CCN4CCC3CC4)c1o2. The zero-order chi connectivity index (χ0) is 10.7. The van der Waals surface area contributed by atoms with Gasteiger partial charge in [0.25, 0.3) is 11.7 Å². The molecule has 0 N–H and O–H groups in total. The van der Waals surface area contributed by atoms with E-state index in [9.17, 15) is 4.79 Å². The smallest absolute Gasteiger partial charge is 0.287 e. The fraction of sp³-hybridized carbons (Fsp3) is 0.636. The minimum absolute atomic E-state index is 0.00546. The van der Waals surface area contributed by atoms with Gasteiger partial charge in [-0.2, -0.15) is 4.98 Å². The van der Waals surface area contributed by atoms with Gasteiger partial charge in [-0.1, -0.05) is 0 Å². The molecule has 5 heteroatoms. The lowest BCUT2D eigenvalue weighted by Crippen LogP contribution is -2.38. The number of carbonyl (C=O) groups is 1. The number of piperidine rings is 1. The molecule has 0 aromatic carbocycles. The number of aromatic nitrogens is 1. The van der Waals surface area contributed by atoms with Crippen LogP contribution in [0.25, 0.3) is 0 Å². The Labute approximate surface area is 93.0 Å².